The van der Waals surface area contributed by atoms with Crippen LogP contribution in [0.3, 0.4) is 0 Å². The van der Waals surface area contributed by atoms with Gasteiger partial charge in [0.2, 0.25) is 11.8 Å². The highest BCUT2D eigenvalue weighted by Gasteiger charge is 2.40. The van der Waals surface area contributed by atoms with Crippen molar-refractivity contribution in [2.45, 2.75) is 76.8 Å². The number of carbonyl (C=O) groups is 4. The van der Waals surface area contributed by atoms with Crippen molar-refractivity contribution in [3.05, 3.63) is 29.3 Å². The molecule has 0 saturated carbocycles. The molecule has 1 aromatic carbocycles. The van der Waals surface area contributed by atoms with Gasteiger partial charge in [-0.1, -0.05) is 38.2 Å². The van der Waals surface area contributed by atoms with Gasteiger partial charge in [0.1, 0.15) is 11.8 Å². The number of unbranched alkanes of at least 4 members (excludes halogenated alkanes) is 6. The lowest BCUT2D eigenvalue weighted by Gasteiger charge is -2.29. The molecule has 31 heavy (non-hydrogen) atoms. The van der Waals surface area contributed by atoms with Gasteiger partial charge >= 0.3 is 5.97 Å². The Bertz CT molecular complexity index is 837. The van der Waals surface area contributed by atoms with E-state index in [0.717, 1.165) is 50.5 Å². The van der Waals surface area contributed by atoms with Gasteiger partial charge in [0, 0.05) is 24.0 Å². The molecule has 2 heterocycles. The molecule has 1 atom stereocenters. The van der Waals surface area contributed by atoms with Gasteiger partial charge in [-0.3, -0.25) is 24.5 Å². The minimum absolute atomic E-state index is 0.196. The van der Waals surface area contributed by atoms with Crippen molar-refractivity contribution in [1.29, 1.82) is 0 Å². The van der Waals surface area contributed by atoms with E-state index in [0.29, 0.717) is 30.9 Å². The molecule has 1 unspecified atom stereocenters. The first-order valence-electron chi connectivity index (χ1n) is 11.1. The lowest BCUT2D eigenvalue weighted by molar-refractivity contribution is -0.138. The number of carboxylic acid groups (broad SMARTS) is 1. The summed E-state index contributed by atoms with van der Waals surface area (Å²) in [6.07, 6.45) is 7.70. The van der Waals surface area contributed by atoms with Gasteiger partial charge in [0.25, 0.3) is 5.91 Å². The molecule has 0 radical (unpaired) electrons. The zero-order valence-corrected chi connectivity index (χ0v) is 17.7. The van der Waals surface area contributed by atoms with Crippen LogP contribution in [0.1, 0.15) is 80.1 Å². The fourth-order valence-corrected chi connectivity index (χ4v) is 4.14. The summed E-state index contributed by atoms with van der Waals surface area (Å²) in [4.78, 5) is 48.4. The van der Waals surface area contributed by atoms with E-state index in [2.05, 4.69) is 5.32 Å². The summed E-state index contributed by atoms with van der Waals surface area (Å²) in [6, 6.07) is 4.77. The molecule has 0 spiro atoms. The van der Waals surface area contributed by atoms with E-state index in [1.54, 1.807) is 12.1 Å². The number of carboxylic acids is 1. The molecule has 1 saturated heterocycles. The minimum atomic E-state index is -0.730. The van der Waals surface area contributed by atoms with Crippen LogP contribution in [0, 0.1) is 0 Å². The third-order valence-electron chi connectivity index (χ3n) is 5.83. The first kappa shape index (κ1) is 22.8. The van der Waals surface area contributed by atoms with Gasteiger partial charge in [0.15, 0.2) is 0 Å². The molecule has 2 aliphatic rings. The van der Waals surface area contributed by atoms with Crippen molar-refractivity contribution >= 4 is 23.7 Å². The summed E-state index contributed by atoms with van der Waals surface area (Å²) in [5.74, 6) is -0.962. The Balaban J connectivity index is 1.42. The van der Waals surface area contributed by atoms with Crippen LogP contribution in [0.15, 0.2) is 18.2 Å². The number of rotatable bonds is 12. The van der Waals surface area contributed by atoms with Gasteiger partial charge in [-0.2, -0.15) is 0 Å². The maximum atomic E-state index is 12.8. The molecule has 0 aliphatic carbocycles. The third-order valence-corrected chi connectivity index (χ3v) is 5.83. The molecule has 3 amide bonds. The SMILES string of the molecule is O=C(O)CCCCCCCCCOc1cccc2c1CN(C1CCC(=O)NC1=O)C2=O. The van der Waals surface area contributed by atoms with Gasteiger partial charge in [0.05, 0.1) is 13.2 Å². The van der Waals surface area contributed by atoms with Crippen LogP contribution in [-0.2, 0) is 20.9 Å². The zero-order valence-electron chi connectivity index (χ0n) is 17.7. The van der Waals surface area contributed by atoms with E-state index in [4.69, 9.17) is 9.84 Å². The molecule has 2 N–H and O–H groups in total. The molecule has 1 fully saturated rings. The Morgan fingerprint density at radius 1 is 1.06 bits per heavy atom. The number of benzene rings is 1. The predicted molar refractivity (Wildman–Crippen MR) is 113 cm³/mol. The predicted octanol–water partition coefficient (Wildman–Crippen LogP) is 3.03. The van der Waals surface area contributed by atoms with Crippen LogP contribution in [-0.4, -0.2) is 46.3 Å². The second kappa shape index (κ2) is 10.9. The standard InChI is InChI=1S/C23H30N2O6/c26-20-13-12-18(22(29)24-20)25-15-17-16(23(25)30)9-8-10-19(17)31-14-7-5-3-1-2-4-6-11-21(27)28/h8-10,18H,1-7,11-15H2,(H,27,28)(H,24,26,29). The molecule has 0 aromatic heterocycles. The maximum absolute atomic E-state index is 12.8. The quantitative estimate of drug-likeness (QED) is 0.389. The zero-order chi connectivity index (χ0) is 22.2. The second-order valence-electron chi connectivity index (χ2n) is 8.15. The van der Waals surface area contributed by atoms with Crippen LogP contribution in [0.5, 0.6) is 5.75 Å². The van der Waals surface area contributed by atoms with Crippen LogP contribution in [0.2, 0.25) is 0 Å². The van der Waals surface area contributed by atoms with E-state index >= 15 is 0 Å². The van der Waals surface area contributed by atoms with Crippen molar-refractivity contribution in [3.8, 4) is 5.75 Å². The van der Waals surface area contributed by atoms with Crippen LogP contribution in [0.25, 0.3) is 0 Å². The normalized spacial score (nSPS) is 18.1. The van der Waals surface area contributed by atoms with Gasteiger partial charge in [-0.05, 0) is 31.4 Å². The molecule has 2 aliphatic heterocycles. The van der Waals surface area contributed by atoms with Gasteiger partial charge in [-0.15, -0.1) is 0 Å². The van der Waals surface area contributed by atoms with Gasteiger partial charge < -0.3 is 14.7 Å². The summed E-state index contributed by atoms with van der Waals surface area (Å²) >= 11 is 0. The summed E-state index contributed by atoms with van der Waals surface area (Å²) in [5.41, 5.74) is 1.36. The van der Waals surface area contributed by atoms with E-state index in [-0.39, 0.29) is 24.7 Å². The Labute approximate surface area is 181 Å². The largest absolute Gasteiger partial charge is 0.493 e. The van der Waals surface area contributed by atoms with E-state index in [1.807, 2.05) is 6.07 Å². The first-order valence-corrected chi connectivity index (χ1v) is 11.1. The summed E-state index contributed by atoms with van der Waals surface area (Å²) in [7, 11) is 0. The fourth-order valence-electron chi connectivity index (χ4n) is 4.14. The van der Waals surface area contributed by atoms with Crippen LogP contribution >= 0.6 is 0 Å². The van der Waals surface area contributed by atoms with E-state index in [9.17, 15) is 19.2 Å². The second-order valence-corrected chi connectivity index (χ2v) is 8.15. The Kier molecular flexibility index (Phi) is 8.03. The molecule has 0 bridgehead atoms. The van der Waals surface area contributed by atoms with E-state index < -0.39 is 17.9 Å². The molecule has 8 heteroatoms. The number of nitrogens with one attached hydrogen (secondary N) is 1. The van der Waals surface area contributed by atoms with Crippen molar-refractivity contribution in [2.24, 2.45) is 0 Å². The summed E-state index contributed by atoms with van der Waals surface area (Å²) in [5, 5.41) is 10.9. The maximum Gasteiger partial charge on any atom is 0.303 e. The Morgan fingerprint density at radius 2 is 1.77 bits per heavy atom. The molecular weight excluding hydrogens is 400 g/mol. The summed E-state index contributed by atoms with van der Waals surface area (Å²) in [6.45, 7) is 0.870. The number of imide groups is 1. The van der Waals surface area contributed by atoms with Gasteiger partial charge in [-0.25, -0.2) is 0 Å². The fraction of sp³-hybridized carbons (Fsp3) is 0.565. The first-order chi connectivity index (χ1) is 15.0. The Hall–Kier alpha value is -2.90. The number of carbonyl (C=O) groups excluding carboxylic acids is 3. The van der Waals surface area contributed by atoms with Crippen LogP contribution in [0.4, 0.5) is 0 Å². The molecule has 3 rings (SSSR count). The topological polar surface area (TPSA) is 113 Å². The molecule has 1 aromatic rings. The van der Waals surface area contributed by atoms with Crippen molar-refractivity contribution < 1.29 is 29.0 Å². The average Bonchev–Trinajstić information content (AvgIpc) is 3.06. The number of hydrogen-bond donors (Lipinski definition) is 2. The van der Waals surface area contributed by atoms with Crippen molar-refractivity contribution in [2.75, 3.05) is 6.61 Å². The molecule has 8 nitrogen and oxygen atoms in total. The lowest BCUT2D eigenvalue weighted by atomic mass is 10.0. The number of fused-ring (bicyclic) bond motifs is 1. The smallest absolute Gasteiger partial charge is 0.303 e. The highest BCUT2D eigenvalue weighted by atomic mass is 16.5. The number of hydrogen-bond acceptors (Lipinski definition) is 5. The average molecular weight is 431 g/mol. The van der Waals surface area contributed by atoms with Crippen molar-refractivity contribution in [1.82, 2.24) is 10.2 Å². The number of amides is 3. The number of aliphatic carboxylic acids is 1. The molecule has 168 valence electrons. The highest BCUT2D eigenvalue weighted by Crippen LogP contribution is 2.33. The number of ether oxygens (including phenoxy) is 1. The van der Waals surface area contributed by atoms with Crippen molar-refractivity contribution in [3.63, 3.8) is 0 Å². The monoisotopic (exact) mass is 430 g/mol. The Morgan fingerprint density at radius 3 is 2.48 bits per heavy atom. The minimum Gasteiger partial charge on any atom is -0.493 e. The van der Waals surface area contributed by atoms with Crippen LogP contribution < -0.4 is 10.1 Å². The summed E-state index contributed by atoms with van der Waals surface area (Å²) < 4.78 is 5.95. The third kappa shape index (κ3) is 6.06. The number of piperidine rings is 1. The molecular formula is C23H30N2O6. The van der Waals surface area contributed by atoms with E-state index in [1.165, 1.54) is 4.90 Å². The number of nitrogens with zero attached hydrogens (tertiary/aromatic N) is 1. The lowest BCUT2D eigenvalue weighted by Crippen LogP contribution is -2.52. The highest BCUT2D eigenvalue weighted by molar-refractivity contribution is 6.05.